The first-order valence-electron chi connectivity index (χ1n) is 10.2. The maximum Gasteiger partial charge on any atom is 0.231 e. The van der Waals surface area contributed by atoms with Crippen molar-refractivity contribution in [1.29, 1.82) is 0 Å². The summed E-state index contributed by atoms with van der Waals surface area (Å²) in [6.45, 7) is 5.21. The lowest BCUT2D eigenvalue weighted by molar-refractivity contribution is 0.174. The lowest BCUT2D eigenvalue weighted by Gasteiger charge is -2.12. The summed E-state index contributed by atoms with van der Waals surface area (Å²) in [4.78, 5) is 0. The Morgan fingerprint density at radius 2 is 1.74 bits per heavy atom. The van der Waals surface area contributed by atoms with E-state index in [9.17, 15) is 0 Å². The van der Waals surface area contributed by atoms with Crippen LogP contribution in [0.3, 0.4) is 0 Å². The lowest BCUT2D eigenvalue weighted by Crippen LogP contribution is -2.04. The van der Waals surface area contributed by atoms with Gasteiger partial charge in [0.1, 0.15) is 0 Å². The third kappa shape index (κ3) is 4.16. The van der Waals surface area contributed by atoms with Crippen LogP contribution in [0.5, 0.6) is 11.5 Å². The maximum absolute atomic E-state index is 5.57. The highest BCUT2D eigenvalue weighted by Gasteiger charge is 2.18. The van der Waals surface area contributed by atoms with Gasteiger partial charge in [0.25, 0.3) is 0 Å². The molecule has 0 fully saturated rings. The highest BCUT2D eigenvalue weighted by molar-refractivity contribution is 7.98. The van der Waals surface area contributed by atoms with E-state index < -0.39 is 0 Å². The van der Waals surface area contributed by atoms with E-state index in [0.717, 1.165) is 39.4 Å². The third-order valence-electron chi connectivity index (χ3n) is 5.39. The molecule has 0 atom stereocenters. The summed E-state index contributed by atoms with van der Waals surface area (Å²) in [6, 6.07) is 22.9. The van der Waals surface area contributed by atoms with Crippen molar-refractivity contribution in [1.82, 2.24) is 14.8 Å². The first-order chi connectivity index (χ1) is 15.2. The van der Waals surface area contributed by atoms with Gasteiger partial charge in [-0.2, -0.15) is 0 Å². The molecule has 0 spiro atoms. The van der Waals surface area contributed by atoms with Gasteiger partial charge in [-0.15, -0.1) is 10.2 Å². The van der Waals surface area contributed by atoms with Gasteiger partial charge in [0.2, 0.25) is 6.79 Å². The molecule has 0 aliphatic carbocycles. The van der Waals surface area contributed by atoms with E-state index in [1.807, 2.05) is 30.3 Å². The van der Waals surface area contributed by atoms with Crippen LogP contribution in [0.1, 0.15) is 22.3 Å². The van der Waals surface area contributed by atoms with Crippen molar-refractivity contribution in [2.75, 3.05) is 6.79 Å². The second kappa shape index (κ2) is 8.47. The van der Waals surface area contributed by atoms with Gasteiger partial charge in [0.15, 0.2) is 22.5 Å². The van der Waals surface area contributed by atoms with Crippen molar-refractivity contribution >= 4 is 11.8 Å². The second-order valence-corrected chi connectivity index (χ2v) is 8.61. The van der Waals surface area contributed by atoms with Crippen LogP contribution in [0.15, 0.2) is 71.9 Å². The quantitative estimate of drug-likeness (QED) is 0.372. The number of nitrogens with zero attached hydrogens (tertiary/aromatic N) is 3. The van der Waals surface area contributed by atoms with E-state index in [0.29, 0.717) is 6.54 Å². The number of hydrogen-bond acceptors (Lipinski definition) is 5. The zero-order valence-corrected chi connectivity index (χ0v) is 18.4. The minimum atomic E-state index is 0.275. The number of hydrogen-bond donors (Lipinski definition) is 0. The fourth-order valence-electron chi connectivity index (χ4n) is 3.66. The summed E-state index contributed by atoms with van der Waals surface area (Å²) >= 11 is 1.72. The molecule has 5 nitrogen and oxygen atoms in total. The molecule has 5 rings (SSSR count). The SMILES string of the molecule is Cc1ccc(C)c(CSc2nnc(-c3ccccc3)n2Cc2ccc3c(c2)OCO3)c1. The number of fused-ring (bicyclic) bond motifs is 1. The Morgan fingerprint density at radius 3 is 2.61 bits per heavy atom. The first kappa shape index (κ1) is 19.7. The molecule has 0 unspecified atom stereocenters. The molecule has 1 aromatic heterocycles. The minimum absolute atomic E-state index is 0.275. The molecule has 4 aromatic rings. The molecule has 0 saturated heterocycles. The van der Waals surface area contributed by atoms with Gasteiger partial charge in [-0.25, -0.2) is 0 Å². The fraction of sp³-hybridized carbons (Fsp3) is 0.200. The van der Waals surface area contributed by atoms with Crippen LogP contribution in [0, 0.1) is 13.8 Å². The van der Waals surface area contributed by atoms with Crippen LogP contribution in [-0.2, 0) is 12.3 Å². The molecule has 0 saturated carbocycles. The fourth-order valence-corrected chi connectivity index (χ4v) is 4.66. The average Bonchev–Trinajstić information content (AvgIpc) is 3.42. The molecular weight excluding hydrogens is 406 g/mol. The molecule has 31 heavy (non-hydrogen) atoms. The van der Waals surface area contributed by atoms with Gasteiger partial charge in [-0.1, -0.05) is 71.9 Å². The number of thioether (sulfide) groups is 1. The predicted octanol–water partition coefficient (Wildman–Crippen LogP) is 5.63. The number of rotatable bonds is 6. The normalized spacial score (nSPS) is 12.3. The van der Waals surface area contributed by atoms with Gasteiger partial charge < -0.3 is 9.47 Å². The molecule has 1 aliphatic rings. The van der Waals surface area contributed by atoms with Gasteiger partial charge in [0.05, 0.1) is 6.54 Å². The van der Waals surface area contributed by atoms with Gasteiger partial charge >= 0.3 is 0 Å². The minimum Gasteiger partial charge on any atom is -0.454 e. The van der Waals surface area contributed by atoms with Gasteiger partial charge in [-0.3, -0.25) is 4.57 Å². The highest BCUT2D eigenvalue weighted by Crippen LogP contribution is 2.34. The van der Waals surface area contributed by atoms with Crippen molar-refractivity contribution < 1.29 is 9.47 Å². The zero-order chi connectivity index (χ0) is 21.2. The largest absolute Gasteiger partial charge is 0.454 e. The smallest absolute Gasteiger partial charge is 0.231 e. The molecule has 2 heterocycles. The van der Waals surface area contributed by atoms with E-state index in [2.05, 4.69) is 65.0 Å². The van der Waals surface area contributed by atoms with E-state index in [4.69, 9.17) is 9.47 Å². The number of ether oxygens (including phenoxy) is 2. The van der Waals surface area contributed by atoms with Crippen molar-refractivity contribution in [3.05, 3.63) is 89.0 Å². The second-order valence-electron chi connectivity index (χ2n) is 7.66. The van der Waals surface area contributed by atoms with Crippen molar-refractivity contribution in [3.8, 4) is 22.9 Å². The lowest BCUT2D eigenvalue weighted by atomic mass is 10.1. The summed E-state index contributed by atoms with van der Waals surface area (Å²) in [5.41, 5.74) is 6.06. The highest BCUT2D eigenvalue weighted by atomic mass is 32.2. The summed E-state index contributed by atoms with van der Waals surface area (Å²) in [6.07, 6.45) is 0. The van der Waals surface area contributed by atoms with Crippen LogP contribution in [0.25, 0.3) is 11.4 Å². The Balaban J connectivity index is 1.48. The topological polar surface area (TPSA) is 49.2 Å². The summed E-state index contributed by atoms with van der Waals surface area (Å²) in [5, 5.41) is 9.99. The van der Waals surface area contributed by atoms with Crippen molar-refractivity contribution in [2.24, 2.45) is 0 Å². The summed E-state index contributed by atoms with van der Waals surface area (Å²) in [5.74, 6) is 3.29. The van der Waals surface area contributed by atoms with Crippen LogP contribution in [0.4, 0.5) is 0 Å². The Labute approximate surface area is 186 Å². The van der Waals surface area contributed by atoms with Crippen LogP contribution < -0.4 is 9.47 Å². The Kier molecular flexibility index (Phi) is 5.38. The van der Waals surface area contributed by atoms with Crippen LogP contribution >= 0.6 is 11.8 Å². The molecular formula is C25H23N3O2S. The first-order valence-corrected chi connectivity index (χ1v) is 11.2. The van der Waals surface area contributed by atoms with E-state index in [-0.39, 0.29) is 6.79 Å². The Morgan fingerprint density at radius 1 is 0.903 bits per heavy atom. The Hall–Kier alpha value is -3.25. The summed E-state index contributed by atoms with van der Waals surface area (Å²) in [7, 11) is 0. The molecule has 0 N–H and O–H groups in total. The molecule has 1 aliphatic heterocycles. The van der Waals surface area contributed by atoms with Gasteiger partial charge in [0, 0.05) is 11.3 Å². The molecule has 0 bridgehead atoms. The van der Waals surface area contributed by atoms with Crippen LogP contribution in [0.2, 0.25) is 0 Å². The zero-order valence-electron chi connectivity index (χ0n) is 17.5. The molecule has 0 amide bonds. The number of benzene rings is 3. The third-order valence-corrected chi connectivity index (χ3v) is 6.40. The van der Waals surface area contributed by atoms with Crippen LogP contribution in [-0.4, -0.2) is 21.6 Å². The summed E-state index contributed by atoms with van der Waals surface area (Å²) < 4.78 is 13.2. The van der Waals surface area contributed by atoms with E-state index in [1.54, 1.807) is 11.8 Å². The average molecular weight is 430 g/mol. The monoisotopic (exact) mass is 429 g/mol. The van der Waals surface area contributed by atoms with Crippen molar-refractivity contribution in [2.45, 2.75) is 31.3 Å². The predicted molar refractivity (Wildman–Crippen MR) is 123 cm³/mol. The van der Waals surface area contributed by atoms with Crippen molar-refractivity contribution in [3.63, 3.8) is 0 Å². The number of aromatic nitrogens is 3. The van der Waals surface area contributed by atoms with E-state index in [1.165, 1.54) is 16.7 Å². The molecule has 6 heteroatoms. The molecule has 0 radical (unpaired) electrons. The number of aryl methyl sites for hydroxylation is 2. The molecule has 156 valence electrons. The standard InChI is InChI=1S/C25H23N3O2S/c1-17-8-9-18(2)21(12-17)15-31-25-27-26-24(20-6-4-3-5-7-20)28(25)14-19-10-11-22-23(13-19)30-16-29-22/h3-13H,14-16H2,1-2H3. The van der Waals surface area contributed by atoms with Gasteiger partial charge in [-0.05, 0) is 42.7 Å². The maximum atomic E-state index is 5.57. The molecule has 3 aromatic carbocycles. The van der Waals surface area contributed by atoms with E-state index >= 15 is 0 Å². The Bertz CT molecular complexity index is 1220.